The molecule has 1 N–H and O–H groups in total. The molecule has 0 aliphatic rings. The van der Waals surface area contributed by atoms with Crippen molar-refractivity contribution in [2.45, 2.75) is 23.1 Å². The van der Waals surface area contributed by atoms with Crippen molar-refractivity contribution >= 4 is 11.8 Å². The Balaban J connectivity index is 2.28. The van der Waals surface area contributed by atoms with Crippen molar-refractivity contribution in [3.63, 3.8) is 0 Å². The number of aliphatic hydroxyl groups is 1. The lowest BCUT2D eigenvalue weighted by Gasteiger charge is -2.09. The molecule has 0 spiro atoms. The van der Waals surface area contributed by atoms with E-state index in [1.165, 1.54) is 11.8 Å². The van der Waals surface area contributed by atoms with E-state index in [0.29, 0.717) is 5.16 Å². The molecule has 0 amide bonds. The molecule has 0 unspecified atom stereocenters. The summed E-state index contributed by atoms with van der Waals surface area (Å²) < 4.78 is 0. The Bertz CT molecular complexity index is 460. The van der Waals surface area contributed by atoms with Gasteiger partial charge < -0.3 is 5.11 Å². The largest absolute Gasteiger partial charge is 0.389 e. The molecule has 82 valence electrons. The normalized spacial score (nSPS) is 12.4. The van der Waals surface area contributed by atoms with Gasteiger partial charge in [-0.1, -0.05) is 18.2 Å². The Hall–Kier alpha value is -1.39. The number of aliphatic hydroxyl groups excluding tert-OH is 1. The summed E-state index contributed by atoms with van der Waals surface area (Å²) in [6.45, 7) is 1.76. The van der Waals surface area contributed by atoms with E-state index in [2.05, 4.69) is 9.97 Å². The minimum atomic E-state index is -0.479. The second-order valence-corrected chi connectivity index (χ2v) is 4.36. The molecule has 0 aliphatic heterocycles. The first kappa shape index (κ1) is 11.1. The molecule has 4 heteroatoms. The van der Waals surface area contributed by atoms with Crippen LogP contribution in [0.1, 0.15) is 18.6 Å². The smallest absolute Gasteiger partial charge is 0.192 e. The first-order valence-corrected chi connectivity index (χ1v) is 5.81. The molecule has 1 aromatic heterocycles. The monoisotopic (exact) mass is 232 g/mol. The van der Waals surface area contributed by atoms with Gasteiger partial charge in [-0.25, -0.2) is 9.97 Å². The highest BCUT2D eigenvalue weighted by Gasteiger charge is 2.09. The minimum absolute atomic E-state index is 0.479. The van der Waals surface area contributed by atoms with Gasteiger partial charge in [-0.05, 0) is 36.4 Å². The molecule has 0 fully saturated rings. The van der Waals surface area contributed by atoms with Crippen LogP contribution in [0.5, 0.6) is 0 Å². The second-order valence-electron chi connectivity index (χ2n) is 3.35. The van der Waals surface area contributed by atoms with Crippen LogP contribution in [0.15, 0.2) is 52.8 Å². The zero-order valence-electron chi connectivity index (χ0n) is 8.87. The topological polar surface area (TPSA) is 46.0 Å². The molecule has 0 radical (unpaired) electrons. The van der Waals surface area contributed by atoms with Crippen LogP contribution >= 0.6 is 11.8 Å². The predicted octanol–water partition coefficient (Wildman–Crippen LogP) is 2.68. The summed E-state index contributed by atoms with van der Waals surface area (Å²) in [6.07, 6.45) is 2.94. The van der Waals surface area contributed by atoms with Gasteiger partial charge >= 0.3 is 0 Å². The average Bonchev–Trinajstić information content (AvgIpc) is 2.31. The summed E-state index contributed by atoms with van der Waals surface area (Å²) in [5.74, 6) is 0. The number of aromatic nitrogens is 2. The van der Waals surface area contributed by atoms with Crippen molar-refractivity contribution in [3.05, 3.63) is 48.3 Å². The maximum atomic E-state index is 9.63. The van der Waals surface area contributed by atoms with E-state index in [4.69, 9.17) is 0 Å². The van der Waals surface area contributed by atoms with Gasteiger partial charge in [0.05, 0.1) is 6.10 Å². The molecule has 3 nitrogen and oxygen atoms in total. The fraction of sp³-hybridized carbons (Fsp3) is 0.167. The molecule has 1 atom stereocenters. The van der Waals surface area contributed by atoms with Gasteiger partial charge in [0.25, 0.3) is 0 Å². The van der Waals surface area contributed by atoms with Crippen LogP contribution in [-0.2, 0) is 0 Å². The zero-order valence-corrected chi connectivity index (χ0v) is 9.69. The van der Waals surface area contributed by atoms with E-state index >= 15 is 0 Å². The van der Waals surface area contributed by atoms with Crippen molar-refractivity contribution in [1.29, 1.82) is 0 Å². The standard InChI is InChI=1S/C12H12N2OS/c1-9(15)10-5-2-3-6-11(10)16-12-13-7-4-8-14-12/h2-9,15H,1H3/t9-/m0/s1. The Morgan fingerprint density at radius 3 is 2.50 bits per heavy atom. The number of benzene rings is 1. The van der Waals surface area contributed by atoms with Gasteiger partial charge in [0, 0.05) is 17.3 Å². The van der Waals surface area contributed by atoms with Crippen LogP contribution < -0.4 is 0 Å². The van der Waals surface area contributed by atoms with Crippen LogP contribution in [0.25, 0.3) is 0 Å². The number of hydrogen-bond acceptors (Lipinski definition) is 4. The van der Waals surface area contributed by atoms with Gasteiger partial charge in [0.15, 0.2) is 5.16 Å². The maximum Gasteiger partial charge on any atom is 0.192 e. The van der Waals surface area contributed by atoms with Crippen LogP contribution in [0.3, 0.4) is 0 Å². The highest BCUT2D eigenvalue weighted by atomic mass is 32.2. The zero-order chi connectivity index (χ0) is 11.4. The van der Waals surface area contributed by atoms with E-state index in [1.807, 2.05) is 24.3 Å². The summed E-state index contributed by atoms with van der Waals surface area (Å²) >= 11 is 1.46. The lowest BCUT2D eigenvalue weighted by molar-refractivity contribution is 0.196. The minimum Gasteiger partial charge on any atom is -0.389 e. The number of nitrogens with zero attached hydrogens (tertiary/aromatic N) is 2. The lowest BCUT2D eigenvalue weighted by Crippen LogP contribution is -1.94. The van der Waals surface area contributed by atoms with E-state index in [-0.39, 0.29) is 0 Å². The summed E-state index contributed by atoms with van der Waals surface area (Å²) in [7, 11) is 0. The van der Waals surface area contributed by atoms with Gasteiger partial charge in [0.2, 0.25) is 0 Å². The van der Waals surface area contributed by atoms with Crippen molar-refractivity contribution in [3.8, 4) is 0 Å². The van der Waals surface area contributed by atoms with Gasteiger partial charge in [0.1, 0.15) is 0 Å². The Kier molecular flexibility index (Phi) is 3.54. The summed E-state index contributed by atoms with van der Waals surface area (Å²) in [5, 5.41) is 10.3. The van der Waals surface area contributed by atoms with Gasteiger partial charge in [-0.3, -0.25) is 0 Å². The van der Waals surface area contributed by atoms with Gasteiger partial charge in [-0.2, -0.15) is 0 Å². The van der Waals surface area contributed by atoms with Crippen LogP contribution in [0, 0.1) is 0 Å². The SMILES string of the molecule is C[C@H](O)c1ccccc1Sc1ncccn1. The molecule has 0 saturated carbocycles. The molecule has 1 heterocycles. The summed E-state index contributed by atoms with van der Waals surface area (Å²) in [4.78, 5) is 9.28. The van der Waals surface area contributed by atoms with Crippen molar-refractivity contribution < 1.29 is 5.11 Å². The van der Waals surface area contributed by atoms with E-state index in [0.717, 1.165) is 10.5 Å². The molecule has 0 bridgehead atoms. The highest BCUT2D eigenvalue weighted by molar-refractivity contribution is 7.99. The first-order valence-electron chi connectivity index (χ1n) is 4.99. The first-order chi connectivity index (χ1) is 7.77. The fourth-order valence-electron chi connectivity index (χ4n) is 1.36. The third-order valence-electron chi connectivity index (χ3n) is 2.11. The van der Waals surface area contributed by atoms with Gasteiger partial charge in [-0.15, -0.1) is 0 Å². The molecular formula is C12H12N2OS. The van der Waals surface area contributed by atoms with Crippen molar-refractivity contribution in [2.24, 2.45) is 0 Å². The van der Waals surface area contributed by atoms with Crippen molar-refractivity contribution in [2.75, 3.05) is 0 Å². The third kappa shape index (κ3) is 2.59. The van der Waals surface area contributed by atoms with Crippen LogP contribution in [0.4, 0.5) is 0 Å². The third-order valence-corrected chi connectivity index (χ3v) is 3.10. The average molecular weight is 232 g/mol. The summed E-state index contributed by atoms with van der Waals surface area (Å²) in [6, 6.07) is 9.51. The molecule has 1 aromatic carbocycles. The summed E-state index contributed by atoms with van der Waals surface area (Å²) in [5.41, 5.74) is 0.903. The molecule has 2 aromatic rings. The van der Waals surface area contributed by atoms with E-state index in [1.54, 1.807) is 25.4 Å². The fourth-order valence-corrected chi connectivity index (χ4v) is 2.28. The van der Waals surface area contributed by atoms with E-state index in [9.17, 15) is 5.11 Å². The highest BCUT2D eigenvalue weighted by Crippen LogP contribution is 2.30. The van der Waals surface area contributed by atoms with Crippen LogP contribution in [0.2, 0.25) is 0 Å². The Morgan fingerprint density at radius 2 is 1.81 bits per heavy atom. The quantitative estimate of drug-likeness (QED) is 0.826. The maximum absolute atomic E-state index is 9.63. The van der Waals surface area contributed by atoms with E-state index < -0.39 is 6.10 Å². The number of rotatable bonds is 3. The Morgan fingerprint density at radius 1 is 1.12 bits per heavy atom. The van der Waals surface area contributed by atoms with Crippen molar-refractivity contribution in [1.82, 2.24) is 9.97 Å². The molecule has 0 aliphatic carbocycles. The molecule has 0 saturated heterocycles. The molecule has 2 rings (SSSR count). The molecular weight excluding hydrogens is 220 g/mol. The van der Waals surface area contributed by atoms with Crippen LogP contribution in [-0.4, -0.2) is 15.1 Å². The molecule has 16 heavy (non-hydrogen) atoms. The second kappa shape index (κ2) is 5.09. The Labute approximate surface area is 98.6 Å². The number of hydrogen-bond donors (Lipinski definition) is 1. The lowest BCUT2D eigenvalue weighted by atomic mass is 10.1. The predicted molar refractivity (Wildman–Crippen MR) is 63.2 cm³/mol.